The fourth-order valence-electron chi connectivity index (χ4n) is 2.49. The van der Waals surface area contributed by atoms with E-state index in [1.807, 2.05) is 0 Å². The van der Waals surface area contributed by atoms with E-state index in [0.29, 0.717) is 28.3 Å². The highest BCUT2D eigenvalue weighted by Gasteiger charge is 2.19. The van der Waals surface area contributed by atoms with Crippen molar-refractivity contribution in [2.75, 3.05) is 17.1 Å². The van der Waals surface area contributed by atoms with Gasteiger partial charge in [-0.3, -0.25) is 4.79 Å². The highest BCUT2D eigenvalue weighted by atomic mass is 32.2. The fourth-order valence-corrected chi connectivity index (χ4v) is 3.53. The smallest absolute Gasteiger partial charge is 0.264 e. The van der Waals surface area contributed by atoms with E-state index in [-0.39, 0.29) is 16.6 Å². The Kier molecular flexibility index (Phi) is 6.22. The van der Waals surface area contributed by atoms with Gasteiger partial charge in [0.1, 0.15) is 5.75 Å². The zero-order valence-corrected chi connectivity index (χ0v) is 17.5. The average molecular weight is 427 g/mol. The molecule has 30 heavy (non-hydrogen) atoms. The Morgan fingerprint density at radius 2 is 1.73 bits per heavy atom. The molecule has 0 bridgehead atoms. The van der Waals surface area contributed by atoms with E-state index in [2.05, 4.69) is 15.2 Å². The van der Waals surface area contributed by atoms with E-state index in [1.54, 1.807) is 57.4 Å². The predicted molar refractivity (Wildman–Crippen MR) is 113 cm³/mol. The molecule has 0 unspecified atom stereocenters. The number of ketones is 1. The highest BCUT2D eigenvalue weighted by molar-refractivity contribution is 7.92. The van der Waals surface area contributed by atoms with Crippen LogP contribution in [-0.4, -0.2) is 26.5 Å². The molecular weight excluding hydrogens is 406 g/mol. The Morgan fingerprint density at radius 1 is 1.07 bits per heavy atom. The molecule has 0 saturated carbocycles. The molecular formula is C21H21N3O5S. The van der Waals surface area contributed by atoms with Gasteiger partial charge in [0.15, 0.2) is 5.78 Å². The first kappa shape index (κ1) is 21.1. The number of aromatic nitrogens is 1. The Labute approximate surface area is 174 Å². The van der Waals surface area contributed by atoms with E-state index in [0.717, 1.165) is 0 Å². The molecule has 9 heteroatoms. The lowest BCUT2D eigenvalue weighted by Gasteiger charge is -2.07. The number of aryl methyl sites for hydroxylation is 1. The molecule has 0 aliphatic heterocycles. The van der Waals surface area contributed by atoms with Gasteiger partial charge in [0.25, 0.3) is 10.0 Å². The molecule has 2 aromatic carbocycles. The van der Waals surface area contributed by atoms with Crippen molar-refractivity contribution >= 4 is 27.4 Å². The number of carbonyl (C=O) groups excluding carboxylic acids is 1. The highest BCUT2D eigenvalue weighted by Crippen LogP contribution is 2.22. The number of ether oxygens (including phenoxy) is 1. The largest absolute Gasteiger partial charge is 0.497 e. The molecule has 156 valence electrons. The third-order valence-electron chi connectivity index (χ3n) is 4.41. The van der Waals surface area contributed by atoms with Crippen LogP contribution < -0.4 is 14.8 Å². The minimum Gasteiger partial charge on any atom is -0.497 e. The molecule has 3 aromatic rings. The fraction of sp³-hybridized carbons (Fsp3) is 0.143. The van der Waals surface area contributed by atoms with Crippen molar-refractivity contribution < 1.29 is 22.5 Å². The monoisotopic (exact) mass is 427 g/mol. The van der Waals surface area contributed by atoms with Gasteiger partial charge in [0, 0.05) is 29.1 Å². The maximum absolute atomic E-state index is 12.5. The predicted octanol–water partition coefficient (Wildman–Crippen LogP) is 3.91. The quantitative estimate of drug-likeness (QED) is 0.414. The lowest BCUT2D eigenvalue weighted by molar-refractivity contribution is 0.104. The summed E-state index contributed by atoms with van der Waals surface area (Å²) in [4.78, 5) is 12.2. The van der Waals surface area contributed by atoms with Crippen LogP contribution in [0.25, 0.3) is 0 Å². The van der Waals surface area contributed by atoms with Crippen LogP contribution in [0.5, 0.6) is 5.75 Å². The third-order valence-corrected chi connectivity index (χ3v) is 5.75. The first-order chi connectivity index (χ1) is 14.3. The second-order valence-electron chi connectivity index (χ2n) is 6.42. The van der Waals surface area contributed by atoms with Gasteiger partial charge in [-0.2, -0.15) is 0 Å². The minimum absolute atomic E-state index is 0.0693. The van der Waals surface area contributed by atoms with Crippen LogP contribution in [-0.2, 0) is 10.0 Å². The van der Waals surface area contributed by atoms with Gasteiger partial charge in [0.2, 0.25) is 5.88 Å². The number of allylic oxidation sites excluding steroid dienone is 1. The summed E-state index contributed by atoms with van der Waals surface area (Å²) in [5.74, 6) is 0.591. The van der Waals surface area contributed by atoms with E-state index in [4.69, 9.17) is 9.26 Å². The summed E-state index contributed by atoms with van der Waals surface area (Å²) in [7, 11) is -2.25. The van der Waals surface area contributed by atoms with Crippen LogP contribution in [0.15, 0.2) is 70.2 Å². The van der Waals surface area contributed by atoms with Crippen molar-refractivity contribution in [3.05, 3.63) is 77.6 Å². The lowest BCUT2D eigenvalue weighted by Crippen LogP contribution is -2.13. The molecule has 3 rings (SSSR count). The first-order valence-corrected chi connectivity index (χ1v) is 10.5. The Balaban J connectivity index is 1.63. The molecule has 0 amide bonds. The number of rotatable bonds is 8. The zero-order chi connectivity index (χ0) is 21.7. The normalized spacial score (nSPS) is 11.4. The van der Waals surface area contributed by atoms with Gasteiger partial charge in [-0.15, -0.1) is 0 Å². The van der Waals surface area contributed by atoms with Crippen LogP contribution >= 0.6 is 0 Å². The molecule has 0 radical (unpaired) electrons. The second kappa shape index (κ2) is 8.83. The Morgan fingerprint density at radius 3 is 2.30 bits per heavy atom. The van der Waals surface area contributed by atoms with Gasteiger partial charge < -0.3 is 14.6 Å². The van der Waals surface area contributed by atoms with Crippen molar-refractivity contribution in [1.29, 1.82) is 0 Å². The van der Waals surface area contributed by atoms with Crippen molar-refractivity contribution in [2.45, 2.75) is 18.7 Å². The van der Waals surface area contributed by atoms with Crippen molar-refractivity contribution in [2.24, 2.45) is 0 Å². The second-order valence-corrected chi connectivity index (χ2v) is 8.10. The van der Waals surface area contributed by atoms with Crippen LogP contribution in [0.3, 0.4) is 0 Å². The number of nitrogens with zero attached hydrogens (tertiary/aromatic N) is 1. The van der Waals surface area contributed by atoms with E-state index < -0.39 is 10.0 Å². The summed E-state index contributed by atoms with van der Waals surface area (Å²) < 4.78 is 37.4. The summed E-state index contributed by atoms with van der Waals surface area (Å²) in [6.45, 7) is 3.44. The maximum Gasteiger partial charge on any atom is 0.264 e. The number of methoxy groups -OCH3 is 1. The molecule has 0 saturated heterocycles. The average Bonchev–Trinajstić information content (AvgIpc) is 3.05. The summed E-state index contributed by atoms with van der Waals surface area (Å²) in [6.07, 6.45) is 2.89. The van der Waals surface area contributed by atoms with Crippen molar-refractivity contribution in [3.63, 3.8) is 0 Å². The Hall–Kier alpha value is -3.59. The van der Waals surface area contributed by atoms with Crippen LogP contribution in [0.2, 0.25) is 0 Å². The number of hydrogen-bond acceptors (Lipinski definition) is 7. The number of nitrogens with one attached hydrogen (secondary N) is 2. The molecule has 8 nitrogen and oxygen atoms in total. The number of carbonyl (C=O) groups is 1. The number of benzene rings is 2. The van der Waals surface area contributed by atoms with Gasteiger partial charge in [-0.1, -0.05) is 5.16 Å². The molecule has 0 fully saturated rings. The van der Waals surface area contributed by atoms with Gasteiger partial charge in [-0.05, 0) is 62.4 Å². The van der Waals surface area contributed by atoms with Crippen molar-refractivity contribution in [1.82, 2.24) is 5.16 Å². The standard InChI is InChI=1S/C21H21N3O5S/c1-14-15(2)23-29-21(14)24-30(26,27)19-10-6-17(7-11-19)22-13-12-20(25)16-4-8-18(28-3)9-5-16/h4-13,22,24H,1-3H3/b13-12-. The molecule has 0 aliphatic rings. The van der Waals surface area contributed by atoms with Crippen LogP contribution in [0.4, 0.5) is 11.6 Å². The summed E-state index contributed by atoms with van der Waals surface area (Å²) in [5, 5.41) is 6.67. The van der Waals surface area contributed by atoms with Gasteiger partial charge >= 0.3 is 0 Å². The van der Waals surface area contributed by atoms with E-state index in [1.165, 1.54) is 24.4 Å². The minimum atomic E-state index is -3.81. The number of hydrogen-bond donors (Lipinski definition) is 2. The molecule has 2 N–H and O–H groups in total. The molecule has 1 heterocycles. The molecule has 1 aromatic heterocycles. The number of sulfonamides is 1. The summed E-state index contributed by atoms with van der Waals surface area (Å²) in [6, 6.07) is 12.9. The summed E-state index contributed by atoms with van der Waals surface area (Å²) in [5.41, 5.74) is 2.39. The first-order valence-electron chi connectivity index (χ1n) is 8.97. The van der Waals surface area contributed by atoms with E-state index >= 15 is 0 Å². The van der Waals surface area contributed by atoms with Crippen LogP contribution in [0.1, 0.15) is 21.6 Å². The van der Waals surface area contributed by atoms with Gasteiger partial charge in [-0.25, -0.2) is 13.1 Å². The lowest BCUT2D eigenvalue weighted by atomic mass is 10.1. The van der Waals surface area contributed by atoms with Crippen molar-refractivity contribution in [3.8, 4) is 5.75 Å². The van der Waals surface area contributed by atoms with E-state index in [9.17, 15) is 13.2 Å². The molecule has 0 atom stereocenters. The van der Waals surface area contributed by atoms with Gasteiger partial charge in [0.05, 0.1) is 17.7 Å². The topological polar surface area (TPSA) is 111 Å². The molecule has 0 spiro atoms. The van der Waals surface area contributed by atoms with Crippen LogP contribution in [0, 0.1) is 13.8 Å². The SMILES string of the molecule is COc1ccc(C(=O)/C=C\Nc2ccc(S(=O)(=O)Nc3onc(C)c3C)cc2)cc1. The maximum atomic E-state index is 12.5. The number of anilines is 2. The summed E-state index contributed by atoms with van der Waals surface area (Å²) >= 11 is 0. The zero-order valence-electron chi connectivity index (χ0n) is 16.7. The Bertz CT molecular complexity index is 1160. The molecule has 0 aliphatic carbocycles. The third kappa shape index (κ3) is 4.87.